The van der Waals surface area contributed by atoms with Crippen LogP contribution in [-0.4, -0.2) is 24.9 Å². The number of alkyl halides is 2. The number of benzene rings is 1. The van der Waals surface area contributed by atoms with Crippen molar-refractivity contribution in [2.45, 2.75) is 5.92 Å². The third-order valence-corrected chi connectivity index (χ3v) is 3.22. The maximum Gasteiger partial charge on any atom is 0.277 e. The Hall–Kier alpha value is -0.430. The van der Waals surface area contributed by atoms with Crippen LogP contribution in [0.1, 0.15) is 10.4 Å². The second-order valence-electron chi connectivity index (χ2n) is 3.37. The number of hydrogen-bond acceptors (Lipinski definition) is 2. The van der Waals surface area contributed by atoms with Crippen LogP contribution in [0.4, 0.5) is 8.78 Å². The lowest BCUT2D eigenvalue weighted by atomic mass is 10.2. The Morgan fingerprint density at radius 3 is 2.61 bits per heavy atom. The average molecular weight is 364 g/mol. The third kappa shape index (κ3) is 5.06. The smallest absolute Gasteiger partial charge is 0.277 e. The van der Waals surface area contributed by atoms with Crippen molar-refractivity contribution in [2.75, 3.05) is 13.1 Å². The highest BCUT2D eigenvalue weighted by Crippen LogP contribution is 2.23. The number of halogens is 5. The third-order valence-electron chi connectivity index (χ3n) is 1.99. The van der Waals surface area contributed by atoms with E-state index in [4.69, 9.17) is 17.3 Å². The summed E-state index contributed by atoms with van der Waals surface area (Å²) in [6.07, 6.45) is 0. The van der Waals surface area contributed by atoms with Crippen LogP contribution in [0.15, 0.2) is 22.7 Å². The molecule has 102 valence electrons. The van der Waals surface area contributed by atoms with Gasteiger partial charge in [-0.1, -0.05) is 11.6 Å². The van der Waals surface area contributed by atoms with Crippen LogP contribution in [0.3, 0.4) is 0 Å². The van der Waals surface area contributed by atoms with Gasteiger partial charge in [-0.25, -0.2) is 8.78 Å². The molecule has 0 heterocycles. The lowest BCUT2D eigenvalue weighted by molar-refractivity contribution is 0.0118. The van der Waals surface area contributed by atoms with E-state index >= 15 is 0 Å². The number of rotatable bonds is 4. The molecule has 3 nitrogen and oxygen atoms in total. The Labute approximate surface area is 123 Å². The number of hydrogen-bond donors (Lipinski definition) is 2. The molecule has 0 saturated carbocycles. The Kier molecular flexibility index (Phi) is 7.06. The second-order valence-corrected chi connectivity index (χ2v) is 4.63. The van der Waals surface area contributed by atoms with Gasteiger partial charge in [0.15, 0.2) is 0 Å². The average Bonchev–Trinajstić information content (AvgIpc) is 2.30. The van der Waals surface area contributed by atoms with Crippen molar-refractivity contribution in [3.05, 3.63) is 33.3 Å². The minimum Gasteiger partial charge on any atom is -0.346 e. The fourth-order valence-corrected chi connectivity index (χ4v) is 1.45. The molecule has 0 aliphatic heterocycles. The van der Waals surface area contributed by atoms with Crippen LogP contribution >= 0.6 is 39.9 Å². The van der Waals surface area contributed by atoms with Crippen molar-refractivity contribution in [3.63, 3.8) is 0 Å². The highest BCUT2D eigenvalue weighted by atomic mass is 79.9. The minimum absolute atomic E-state index is 0. The molecule has 0 saturated heterocycles. The number of carbonyl (C=O) groups is 1. The number of carbonyl (C=O) groups excluding carboxylic acids is 1. The van der Waals surface area contributed by atoms with Crippen molar-refractivity contribution in [3.8, 4) is 0 Å². The Balaban J connectivity index is 0.00000289. The van der Waals surface area contributed by atoms with Gasteiger partial charge in [0, 0.05) is 10.0 Å². The van der Waals surface area contributed by atoms with E-state index in [1.54, 1.807) is 6.07 Å². The Morgan fingerprint density at radius 2 is 2.11 bits per heavy atom. The first-order valence-electron chi connectivity index (χ1n) is 4.67. The van der Waals surface area contributed by atoms with Gasteiger partial charge in [-0.05, 0) is 34.1 Å². The van der Waals surface area contributed by atoms with Gasteiger partial charge in [-0.2, -0.15) is 0 Å². The largest absolute Gasteiger partial charge is 0.346 e. The number of amides is 1. The van der Waals surface area contributed by atoms with Crippen LogP contribution in [-0.2, 0) is 0 Å². The summed E-state index contributed by atoms with van der Waals surface area (Å²) in [5.41, 5.74) is 5.06. The van der Waals surface area contributed by atoms with Crippen molar-refractivity contribution in [1.82, 2.24) is 5.32 Å². The molecule has 1 aromatic rings. The first-order chi connectivity index (χ1) is 7.85. The van der Waals surface area contributed by atoms with Gasteiger partial charge in [0.2, 0.25) is 0 Å². The van der Waals surface area contributed by atoms with Crippen molar-refractivity contribution in [1.29, 1.82) is 0 Å². The summed E-state index contributed by atoms with van der Waals surface area (Å²) in [5, 5.41) is 2.43. The van der Waals surface area contributed by atoms with Crippen molar-refractivity contribution in [2.24, 2.45) is 5.73 Å². The molecule has 18 heavy (non-hydrogen) atoms. The maximum atomic E-state index is 12.8. The van der Waals surface area contributed by atoms with E-state index in [1.165, 1.54) is 12.1 Å². The molecule has 0 bridgehead atoms. The van der Waals surface area contributed by atoms with E-state index in [0.717, 1.165) is 0 Å². The van der Waals surface area contributed by atoms with Crippen LogP contribution in [0.25, 0.3) is 0 Å². The molecule has 0 radical (unpaired) electrons. The normalized spacial score (nSPS) is 10.7. The predicted octanol–water partition coefficient (Wildman–Crippen LogP) is 2.85. The summed E-state index contributed by atoms with van der Waals surface area (Å²) in [4.78, 5) is 11.5. The molecule has 0 fully saturated rings. The first kappa shape index (κ1) is 17.6. The fourth-order valence-electron chi connectivity index (χ4n) is 1.02. The maximum absolute atomic E-state index is 12.8. The SMILES string of the molecule is Cl.NCC(F)(F)CNC(=O)c1ccc(Br)c(Cl)c1. The van der Waals surface area contributed by atoms with Gasteiger partial charge in [-0.3, -0.25) is 4.79 Å². The molecule has 0 unspecified atom stereocenters. The van der Waals surface area contributed by atoms with Crippen molar-refractivity contribution >= 4 is 45.8 Å². The lowest BCUT2D eigenvalue weighted by Gasteiger charge is -2.14. The standard InChI is InChI=1S/C10H10BrClF2N2O.ClH/c11-7-2-1-6(3-8(7)12)9(17)16-5-10(13,14)4-15;/h1-3H,4-5,15H2,(H,16,17);1H. The zero-order chi connectivity index (χ0) is 13.1. The monoisotopic (exact) mass is 362 g/mol. The molecule has 0 aromatic heterocycles. The summed E-state index contributed by atoms with van der Waals surface area (Å²) in [7, 11) is 0. The van der Waals surface area contributed by atoms with Gasteiger partial charge in [0.1, 0.15) is 0 Å². The summed E-state index contributed by atoms with van der Waals surface area (Å²) in [6, 6.07) is 4.44. The highest BCUT2D eigenvalue weighted by molar-refractivity contribution is 9.10. The predicted molar refractivity (Wildman–Crippen MR) is 72.7 cm³/mol. The summed E-state index contributed by atoms with van der Waals surface area (Å²) in [6.45, 7) is -1.61. The Bertz CT molecular complexity index is 432. The molecule has 8 heteroatoms. The van der Waals surface area contributed by atoms with Gasteiger partial charge in [0.05, 0.1) is 18.1 Å². The van der Waals surface area contributed by atoms with E-state index in [9.17, 15) is 13.6 Å². The van der Waals surface area contributed by atoms with Crippen LogP contribution in [0.5, 0.6) is 0 Å². The van der Waals surface area contributed by atoms with Crippen molar-refractivity contribution < 1.29 is 13.6 Å². The molecule has 0 aliphatic rings. The molecule has 0 atom stereocenters. The molecule has 0 spiro atoms. The van der Waals surface area contributed by atoms with Crippen LogP contribution in [0, 0.1) is 0 Å². The molecular formula is C10H11BrCl2F2N2O. The minimum atomic E-state index is -3.10. The number of nitrogens with two attached hydrogens (primary N) is 1. The van der Waals surface area contributed by atoms with Crippen LogP contribution < -0.4 is 11.1 Å². The van der Waals surface area contributed by atoms with Gasteiger partial charge in [0.25, 0.3) is 11.8 Å². The van der Waals surface area contributed by atoms with E-state index < -0.39 is 24.9 Å². The van der Waals surface area contributed by atoms with Gasteiger partial charge >= 0.3 is 0 Å². The zero-order valence-electron chi connectivity index (χ0n) is 9.05. The van der Waals surface area contributed by atoms with E-state index in [0.29, 0.717) is 9.50 Å². The van der Waals surface area contributed by atoms with Crippen LogP contribution in [0.2, 0.25) is 5.02 Å². The molecular weight excluding hydrogens is 353 g/mol. The quantitative estimate of drug-likeness (QED) is 0.864. The summed E-state index contributed by atoms with van der Waals surface area (Å²) in [5.74, 6) is -3.72. The first-order valence-corrected chi connectivity index (χ1v) is 5.84. The number of nitrogens with one attached hydrogen (secondary N) is 1. The van der Waals surface area contributed by atoms with E-state index in [1.807, 2.05) is 0 Å². The molecule has 0 aliphatic carbocycles. The topological polar surface area (TPSA) is 55.1 Å². The summed E-state index contributed by atoms with van der Waals surface area (Å²) >= 11 is 8.94. The lowest BCUT2D eigenvalue weighted by Crippen LogP contribution is -2.41. The van der Waals surface area contributed by atoms with Gasteiger partial charge in [-0.15, -0.1) is 12.4 Å². The molecule has 1 aromatic carbocycles. The molecule has 1 rings (SSSR count). The van der Waals surface area contributed by atoms with Gasteiger partial charge < -0.3 is 11.1 Å². The molecule has 3 N–H and O–H groups in total. The Morgan fingerprint density at radius 1 is 1.50 bits per heavy atom. The molecule has 1 amide bonds. The zero-order valence-corrected chi connectivity index (χ0v) is 12.2. The van der Waals surface area contributed by atoms with E-state index in [-0.39, 0.29) is 18.0 Å². The highest BCUT2D eigenvalue weighted by Gasteiger charge is 2.27. The van der Waals surface area contributed by atoms with E-state index in [2.05, 4.69) is 21.2 Å². The second kappa shape index (κ2) is 7.23. The summed E-state index contributed by atoms with van der Waals surface area (Å²) < 4.78 is 26.2. The fraction of sp³-hybridized carbons (Fsp3) is 0.300.